The second-order valence-electron chi connectivity index (χ2n) is 5.32. The highest BCUT2D eigenvalue weighted by atomic mass is 127. The van der Waals surface area contributed by atoms with E-state index in [-0.39, 0.29) is 0 Å². The third-order valence-electron chi connectivity index (χ3n) is 3.88. The van der Waals surface area contributed by atoms with Crippen molar-refractivity contribution >= 4 is 45.5 Å². The van der Waals surface area contributed by atoms with Gasteiger partial charge in [0.1, 0.15) is 0 Å². The van der Waals surface area contributed by atoms with Crippen molar-refractivity contribution in [2.45, 2.75) is 38.3 Å². The largest absolute Gasteiger partial charge is 0.303 e. The zero-order valence-electron chi connectivity index (χ0n) is 11.3. The van der Waals surface area contributed by atoms with Gasteiger partial charge in [-0.1, -0.05) is 23.7 Å². The van der Waals surface area contributed by atoms with Crippen LogP contribution in [-0.2, 0) is 6.42 Å². The predicted octanol–water partition coefficient (Wildman–Crippen LogP) is 5.73. The molecule has 1 heterocycles. The monoisotopic (exact) mass is 417 g/mol. The van der Waals surface area contributed by atoms with Crippen LogP contribution in [0.5, 0.6) is 0 Å². The quantitative estimate of drug-likeness (QED) is 0.628. The van der Waals surface area contributed by atoms with Crippen molar-refractivity contribution in [1.29, 1.82) is 0 Å². The third kappa shape index (κ3) is 3.21. The highest BCUT2D eigenvalue weighted by Crippen LogP contribution is 2.37. The standard InChI is InChI=1S/C16H17ClINS/c1-10(11-4-2-5-12(17)8-11)19-14-6-3-7-15-13(14)9-16(18)20-15/h2,4-5,8-10,14,19H,3,6-7H2,1H3/t10-,14?/m1/s1. The topological polar surface area (TPSA) is 12.0 Å². The fourth-order valence-corrected chi connectivity index (χ4v) is 5.19. The highest BCUT2D eigenvalue weighted by Gasteiger charge is 2.24. The maximum atomic E-state index is 6.09. The van der Waals surface area contributed by atoms with Gasteiger partial charge in [-0.2, -0.15) is 0 Å². The van der Waals surface area contributed by atoms with E-state index in [9.17, 15) is 0 Å². The van der Waals surface area contributed by atoms with Gasteiger partial charge in [-0.3, -0.25) is 0 Å². The summed E-state index contributed by atoms with van der Waals surface area (Å²) in [5.74, 6) is 0. The minimum atomic E-state index is 0.321. The molecular formula is C16H17ClINS. The molecule has 1 unspecified atom stereocenters. The van der Waals surface area contributed by atoms with Crippen LogP contribution in [0, 0.1) is 2.88 Å². The summed E-state index contributed by atoms with van der Waals surface area (Å²) < 4.78 is 1.40. The van der Waals surface area contributed by atoms with Gasteiger partial charge < -0.3 is 5.32 Å². The number of nitrogens with one attached hydrogen (secondary N) is 1. The first-order chi connectivity index (χ1) is 9.63. The van der Waals surface area contributed by atoms with E-state index in [1.165, 1.54) is 33.3 Å². The fourth-order valence-electron chi connectivity index (χ4n) is 2.87. The Hall–Kier alpha value is -0.100. The van der Waals surface area contributed by atoms with Gasteiger partial charge in [0.25, 0.3) is 0 Å². The van der Waals surface area contributed by atoms with Gasteiger partial charge in [0.15, 0.2) is 0 Å². The smallest absolute Gasteiger partial charge is 0.0659 e. The molecule has 0 spiro atoms. The van der Waals surface area contributed by atoms with Crippen LogP contribution in [-0.4, -0.2) is 0 Å². The van der Waals surface area contributed by atoms with Crippen molar-refractivity contribution in [2.24, 2.45) is 0 Å². The minimum absolute atomic E-state index is 0.321. The number of fused-ring (bicyclic) bond motifs is 1. The van der Waals surface area contributed by atoms with E-state index in [1.807, 2.05) is 23.5 Å². The van der Waals surface area contributed by atoms with Crippen LogP contribution in [0.3, 0.4) is 0 Å². The molecule has 3 rings (SSSR count). The second-order valence-corrected chi connectivity index (χ2v) is 8.78. The minimum Gasteiger partial charge on any atom is -0.303 e. The molecule has 2 atom stereocenters. The Morgan fingerprint density at radius 2 is 2.25 bits per heavy atom. The molecule has 1 aliphatic rings. The Balaban J connectivity index is 1.78. The predicted molar refractivity (Wildman–Crippen MR) is 95.7 cm³/mol. The number of thiophene rings is 1. The average Bonchev–Trinajstić information content (AvgIpc) is 2.80. The van der Waals surface area contributed by atoms with E-state index < -0.39 is 0 Å². The van der Waals surface area contributed by atoms with Gasteiger partial charge in [-0.15, -0.1) is 11.3 Å². The van der Waals surface area contributed by atoms with Gasteiger partial charge in [0.2, 0.25) is 0 Å². The SMILES string of the molecule is C[C@@H](NC1CCCc2sc(I)cc21)c1cccc(Cl)c1. The Morgan fingerprint density at radius 1 is 1.40 bits per heavy atom. The van der Waals surface area contributed by atoms with Gasteiger partial charge in [0, 0.05) is 22.0 Å². The average molecular weight is 418 g/mol. The Morgan fingerprint density at radius 3 is 3.05 bits per heavy atom. The van der Waals surface area contributed by atoms with Crippen LogP contribution < -0.4 is 5.32 Å². The number of halogens is 2. The lowest BCUT2D eigenvalue weighted by Gasteiger charge is -2.27. The van der Waals surface area contributed by atoms with Crippen molar-refractivity contribution in [3.8, 4) is 0 Å². The number of benzene rings is 1. The number of hydrogen-bond acceptors (Lipinski definition) is 2. The molecule has 0 saturated carbocycles. The molecule has 20 heavy (non-hydrogen) atoms. The Bertz CT molecular complexity index is 610. The molecule has 0 aliphatic heterocycles. The summed E-state index contributed by atoms with van der Waals surface area (Å²) in [4.78, 5) is 1.57. The molecule has 0 fully saturated rings. The van der Waals surface area contributed by atoms with Crippen LogP contribution in [0.2, 0.25) is 5.02 Å². The summed E-state index contributed by atoms with van der Waals surface area (Å²) in [5.41, 5.74) is 2.77. The second kappa shape index (κ2) is 6.34. The Kier molecular flexibility index (Phi) is 4.70. The van der Waals surface area contributed by atoms with Crippen molar-refractivity contribution in [3.63, 3.8) is 0 Å². The van der Waals surface area contributed by atoms with Crippen LogP contribution in [0.25, 0.3) is 0 Å². The van der Waals surface area contributed by atoms with Crippen LogP contribution >= 0.6 is 45.5 Å². The molecule has 0 amide bonds. The Labute approximate surface area is 142 Å². The molecule has 1 aromatic heterocycles. The van der Waals surface area contributed by atoms with Crippen LogP contribution in [0.1, 0.15) is 47.9 Å². The zero-order chi connectivity index (χ0) is 14.1. The third-order valence-corrected chi connectivity index (χ3v) is 6.09. The summed E-state index contributed by atoms with van der Waals surface area (Å²) >= 11 is 10.5. The molecule has 1 nitrogen and oxygen atoms in total. The lowest BCUT2D eigenvalue weighted by atomic mass is 9.93. The maximum Gasteiger partial charge on any atom is 0.0659 e. The summed E-state index contributed by atoms with van der Waals surface area (Å²) in [6.45, 7) is 2.22. The first kappa shape index (κ1) is 14.8. The zero-order valence-corrected chi connectivity index (χ0v) is 15.1. The molecule has 1 aromatic carbocycles. The first-order valence-electron chi connectivity index (χ1n) is 6.93. The van der Waals surface area contributed by atoms with Crippen molar-refractivity contribution in [3.05, 3.63) is 54.2 Å². The molecule has 1 N–H and O–H groups in total. The summed E-state index contributed by atoms with van der Waals surface area (Å²) in [7, 11) is 0. The van der Waals surface area contributed by atoms with Gasteiger partial charge in [0.05, 0.1) is 2.88 Å². The first-order valence-corrected chi connectivity index (χ1v) is 9.20. The molecule has 1 aliphatic carbocycles. The van der Waals surface area contributed by atoms with Gasteiger partial charge >= 0.3 is 0 Å². The molecule has 0 saturated heterocycles. The van der Waals surface area contributed by atoms with Crippen molar-refractivity contribution in [2.75, 3.05) is 0 Å². The summed E-state index contributed by atoms with van der Waals surface area (Å²) in [6, 6.07) is 11.3. The molecule has 106 valence electrons. The van der Waals surface area contributed by atoms with E-state index in [1.54, 1.807) is 4.88 Å². The number of rotatable bonds is 3. The highest BCUT2D eigenvalue weighted by molar-refractivity contribution is 14.1. The van der Waals surface area contributed by atoms with Crippen LogP contribution in [0.4, 0.5) is 0 Å². The molecule has 4 heteroatoms. The van der Waals surface area contributed by atoms with E-state index in [0.29, 0.717) is 12.1 Å². The molecular weight excluding hydrogens is 401 g/mol. The molecule has 0 radical (unpaired) electrons. The van der Waals surface area contributed by atoms with Gasteiger partial charge in [-0.25, -0.2) is 0 Å². The van der Waals surface area contributed by atoms with Crippen molar-refractivity contribution in [1.82, 2.24) is 5.32 Å². The van der Waals surface area contributed by atoms with Crippen molar-refractivity contribution < 1.29 is 0 Å². The fraction of sp³-hybridized carbons (Fsp3) is 0.375. The van der Waals surface area contributed by atoms with Crippen LogP contribution in [0.15, 0.2) is 30.3 Å². The lowest BCUT2D eigenvalue weighted by Crippen LogP contribution is -2.27. The molecule has 0 bridgehead atoms. The van der Waals surface area contributed by atoms with E-state index in [2.05, 4.69) is 53.0 Å². The summed E-state index contributed by atoms with van der Waals surface area (Å²) in [5, 5.41) is 4.59. The maximum absolute atomic E-state index is 6.09. The molecule has 2 aromatic rings. The number of hydrogen-bond donors (Lipinski definition) is 1. The van der Waals surface area contributed by atoms with Gasteiger partial charge in [-0.05, 0) is 78.1 Å². The lowest BCUT2D eigenvalue weighted by molar-refractivity contribution is 0.418. The van der Waals surface area contributed by atoms with E-state index >= 15 is 0 Å². The van der Waals surface area contributed by atoms with E-state index in [0.717, 1.165) is 5.02 Å². The number of aryl methyl sites for hydroxylation is 1. The summed E-state index contributed by atoms with van der Waals surface area (Å²) in [6.07, 6.45) is 3.75. The normalized spacial score (nSPS) is 19.6. The van der Waals surface area contributed by atoms with E-state index in [4.69, 9.17) is 11.6 Å².